The molecule has 7 nitrogen and oxygen atoms in total. The first kappa shape index (κ1) is 15.2. The molecule has 1 aliphatic carbocycles. The van der Waals surface area contributed by atoms with Gasteiger partial charge in [-0.25, -0.2) is 0 Å². The van der Waals surface area contributed by atoms with E-state index in [2.05, 4.69) is 5.32 Å². The fraction of sp³-hybridized carbons (Fsp3) is 0.385. The van der Waals surface area contributed by atoms with E-state index in [0.29, 0.717) is 19.3 Å². The highest BCUT2D eigenvalue weighted by Gasteiger charge is 2.31. The molecular formula is C13H13ClN2O5. The summed E-state index contributed by atoms with van der Waals surface area (Å²) >= 11 is 5.88. The molecule has 1 fully saturated rings. The maximum atomic E-state index is 12.1. The highest BCUT2D eigenvalue weighted by atomic mass is 35.5. The summed E-state index contributed by atoms with van der Waals surface area (Å²) in [6.07, 6.45) is 1.42. The van der Waals surface area contributed by atoms with Crippen molar-refractivity contribution < 1.29 is 19.6 Å². The molecule has 1 saturated carbocycles. The van der Waals surface area contributed by atoms with Gasteiger partial charge in [0.25, 0.3) is 11.6 Å². The Morgan fingerprint density at radius 2 is 2.10 bits per heavy atom. The van der Waals surface area contributed by atoms with E-state index >= 15 is 0 Å². The lowest BCUT2D eigenvalue weighted by molar-refractivity contribution is -0.384. The quantitative estimate of drug-likeness (QED) is 0.654. The zero-order valence-corrected chi connectivity index (χ0v) is 11.7. The fourth-order valence-electron chi connectivity index (χ4n) is 2.40. The lowest BCUT2D eigenvalue weighted by atomic mass is 10.1. The van der Waals surface area contributed by atoms with E-state index in [1.54, 1.807) is 0 Å². The van der Waals surface area contributed by atoms with E-state index in [9.17, 15) is 19.7 Å². The summed E-state index contributed by atoms with van der Waals surface area (Å²) in [4.78, 5) is 33.1. The molecule has 0 aliphatic heterocycles. The van der Waals surface area contributed by atoms with Crippen molar-refractivity contribution >= 4 is 29.2 Å². The topological polar surface area (TPSA) is 110 Å². The van der Waals surface area contributed by atoms with Gasteiger partial charge in [0.15, 0.2) is 0 Å². The van der Waals surface area contributed by atoms with Crippen LogP contribution < -0.4 is 5.32 Å². The lowest BCUT2D eigenvalue weighted by Crippen LogP contribution is -2.33. The minimum Gasteiger partial charge on any atom is -0.481 e. The van der Waals surface area contributed by atoms with Gasteiger partial charge in [0, 0.05) is 18.2 Å². The van der Waals surface area contributed by atoms with E-state index < -0.39 is 22.7 Å². The summed E-state index contributed by atoms with van der Waals surface area (Å²) in [6, 6.07) is 3.37. The van der Waals surface area contributed by atoms with E-state index in [0.717, 1.165) is 6.07 Å². The van der Waals surface area contributed by atoms with Crippen molar-refractivity contribution in [1.29, 1.82) is 0 Å². The van der Waals surface area contributed by atoms with Crippen LogP contribution >= 0.6 is 11.6 Å². The van der Waals surface area contributed by atoms with Gasteiger partial charge in [-0.2, -0.15) is 0 Å². The molecule has 112 valence electrons. The van der Waals surface area contributed by atoms with Gasteiger partial charge in [0.1, 0.15) is 0 Å². The highest BCUT2D eigenvalue weighted by molar-refractivity contribution is 6.33. The van der Waals surface area contributed by atoms with Gasteiger partial charge in [-0.1, -0.05) is 11.6 Å². The van der Waals surface area contributed by atoms with Crippen molar-refractivity contribution in [1.82, 2.24) is 5.32 Å². The van der Waals surface area contributed by atoms with Crippen LogP contribution in [0.4, 0.5) is 5.69 Å². The normalized spacial score (nSPS) is 21.0. The maximum Gasteiger partial charge on any atom is 0.306 e. The fourth-order valence-corrected chi connectivity index (χ4v) is 2.60. The molecule has 1 aromatic carbocycles. The minimum absolute atomic E-state index is 0.0182. The number of nitro benzene ring substituents is 1. The largest absolute Gasteiger partial charge is 0.481 e. The van der Waals surface area contributed by atoms with E-state index in [-0.39, 0.29) is 22.3 Å². The van der Waals surface area contributed by atoms with Crippen LogP contribution in [-0.4, -0.2) is 27.9 Å². The molecule has 0 bridgehead atoms. The predicted molar refractivity (Wildman–Crippen MR) is 74.3 cm³/mol. The number of nitrogens with one attached hydrogen (secondary N) is 1. The number of hydrogen-bond acceptors (Lipinski definition) is 4. The molecule has 2 atom stereocenters. The van der Waals surface area contributed by atoms with Crippen LogP contribution in [0.15, 0.2) is 18.2 Å². The van der Waals surface area contributed by atoms with Gasteiger partial charge < -0.3 is 10.4 Å². The molecule has 0 aromatic heterocycles. The number of carbonyl (C=O) groups is 2. The summed E-state index contributed by atoms with van der Waals surface area (Å²) in [5.41, 5.74) is -0.205. The van der Waals surface area contributed by atoms with Crippen LogP contribution in [0.25, 0.3) is 0 Å². The molecule has 2 rings (SSSR count). The zero-order valence-electron chi connectivity index (χ0n) is 10.9. The monoisotopic (exact) mass is 312 g/mol. The van der Waals surface area contributed by atoms with Gasteiger partial charge in [0.05, 0.1) is 21.4 Å². The summed E-state index contributed by atoms with van der Waals surface area (Å²) in [5, 5.41) is 22.4. The molecule has 1 aliphatic rings. The standard InChI is InChI=1S/C13H13ClN2O5/c14-11-4-3-9(16(20)21)6-10(11)12(17)15-8-2-1-7(5-8)13(18)19/h3-4,6-8H,1-2,5H2,(H,15,17)(H,18,19). The maximum absolute atomic E-state index is 12.1. The molecule has 2 unspecified atom stereocenters. The average Bonchev–Trinajstić information content (AvgIpc) is 2.87. The van der Waals surface area contributed by atoms with Crippen molar-refractivity contribution in [3.05, 3.63) is 38.9 Å². The second-order valence-corrected chi connectivity index (χ2v) is 5.35. The first-order valence-electron chi connectivity index (χ1n) is 6.36. The van der Waals surface area contributed by atoms with E-state index in [4.69, 9.17) is 16.7 Å². The third-order valence-electron chi connectivity index (χ3n) is 3.52. The Kier molecular flexibility index (Phi) is 4.42. The number of carboxylic acid groups (broad SMARTS) is 1. The molecule has 0 radical (unpaired) electrons. The molecular weight excluding hydrogens is 300 g/mol. The first-order chi connectivity index (χ1) is 9.88. The Labute approximate surface area is 125 Å². The molecule has 0 spiro atoms. The Bertz CT molecular complexity index is 604. The van der Waals surface area contributed by atoms with E-state index in [1.165, 1.54) is 12.1 Å². The summed E-state index contributed by atoms with van der Waals surface area (Å²) in [7, 11) is 0. The molecule has 2 N–H and O–H groups in total. The molecule has 21 heavy (non-hydrogen) atoms. The number of aliphatic carboxylic acids is 1. The number of rotatable bonds is 4. The van der Waals surface area contributed by atoms with Crippen molar-refractivity contribution in [3.63, 3.8) is 0 Å². The van der Waals surface area contributed by atoms with Crippen molar-refractivity contribution in [3.8, 4) is 0 Å². The van der Waals surface area contributed by atoms with Crippen LogP contribution in [0.2, 0.25) is 5.02 Å². The van der Waals surface area contributed by atoms with Crippen molar-refractivity contribution in [2.24, 2.45) is 5.92 Å². The van der Waals surface area contributed by atoms with Crippen LogP contribution in [0.5, 0.6) is 0 Å². The number of nitrogens with zero attached hydrogens (tertiary/aromatic N) is 1. The predicted octanol–water partition coefficient (Wildman–Crippen LogP) is 2.23. The Hall–Kier alpha value is -2.15. The zero-order chi connectivity index (χ0) is 15.6. The number of benzene rings is 1. The number of halogens is 1. The van der Waals surface area contributed by atoms with Gasteiger partial charge in [0.2, 0.25) is 0 Å². The second kappa shape index (κ2) is 6.09. The summed E-state index contributed by atoms with van der Waals surface area (Å²) in [6.45, 7) is 0. The molecule has 0 heterocycles. The number of nitro groups is 1. The number of non-ortho nitro benzene ring substituents is 1. The summed E-state index contributed by atoms with van der Waals surface area (Å²) < 4.78 is 0. The third-order valence-corrected chi connectivity index (χ3v) is 3.85. The number of carbonyl (C=O) groups excluding carboxylic acids is 1. The van der Waals surface area contributed by atoms with Gasteiger partial charge in [-0.15, -0.1) is 0 Å². The highest BCUT2D eigenvalue weighted by Crippen LogP contribution is 2.27. The minimum atomic E-state index is -0.875. The first-order valence-corrected chi connectivity index (χ1v) is 6.74. The Balaban J connectivity index is 2.09. The lowest BCUT2D eigenvalue weighted by Gasteiger charge is -2.13. The van der Waals surface area contributed by atoms with Crippen molar-refractivity contribution in [2.45, 2.75) is 25.3 Å². The molecule has 1 amide bonds. The third kappa shape index (κ3) is 3.49. The Morgan fingerprint density at radius 1 is 1.38 bits per heavy atom. The van der Waals surface area contributed by atoms with Crippen LogP contribution in [0.1, 0.15) is 29.6 Å². The smallest absolute Gasteiger partial charge is 0.306 e. The average molecular weight is 313 g/mol. The Morgan fingerprint density at radius 3 is 2.67 bits per heavy atom. The molecule has 8 heteroatoms. The van der Waals surface area contributed by atoms with Crippen LogP contribution in [-0.2, 0) is 4.79 Å². The van der Waals surface area contributed by atoms with Crippen LogP contribution in [0.3, 0.4) is 0 Å². The number of amides is 1. The number of carboxylic acids is 1. The van der Waals surface area contributed by atoms with Crippen LogP contribution in [0, 0.1) is 16.0 Å². The van der Waals surface area contributed by atoms with Crippen molar-refractivity contribution in [2.75, 3.05) is 0 Å². The van der Waals surface area contributed by atoms with Gasteiger partial charge in [-0.3, -0.25) is 19.7 Å². The summed E-state index contributed by atoms with van der Waals surface area (Å²) in [5.74, 6) is -1.87. The number of hydrogen-bond donors (Lipinski definition) is 2. The van der Waals surface area contributed by atoms with Gasteiger partial charge in [-0.05, 0) is 25.3 Å². The van der Waals surface area contributed by atoms with E-state index in [1.807, 2.05) is 0 Å². The molecule has 1 aromatic rings. The second-order valence-electron chi connectivity index (χ2n) is 4.94. The van der Waals surface area contributed by atoms with Gasteiger partial charge >= 0.3 is 5.97 Å². The SMILES string of the molecule is O=C(NC1CCC(C(=O)O)C1)c1cc([N+](=O)[O-])ccc1Cl. The molecule has 0 saturated heterocycles.